The van der Waals surface area contributed by atoms with Crippen molar-refractivity contribution in [2.24, 2.45) is 0 Å². The summed E-state index contributed by atoms with van der Waals surface area (Å²) in [5, 5.41) is 0. The molecule has 1 aliphatic carbocycles. The Morgan fingerprint density at radius 2 is 2.22 bits per heavy atom. The summed E-state index contributed by atoms with van der Waals surface area (Å²) in [6, 6.07) is 7.37. The van der Waals surface area contributed by atoms with Crippen LogP contribution in [-0.4, -0.2) is 31.1 Å². The normalized spacial score (nSPS) is 26.8. The molecule has 2 nitrogen and oxygen atoms in total. The van der Waals surface area contributed by atoms with Gasteiger partial charge in [0.1, 0.15) is 5.75 Å². The standard InChI is InChI=1S/C16H23NO/c1-3-10-17-11-9-13-12-5-4-6-16(18-2)14(12)7-8-15(13)17/h4-6,13,15H,3,7-11H2,1-2H3/t13-,15-/m0/s1. The number of methoxy groups -OCH3 is 1. The molecule has 1 saturated heterocycles. The summed E-state index contributed by atoms with van der Waals surface area (Å²) < 4.78 is 5.52. The fraction of sp³-hybridized carbons (Fsp3) is 0.625. The van der Waals surface area contributed by atoms with E-state index in [9.17, 15) is 0 Å². The smallest absolute Gasteiger partial charge is 0.122 e. The number of fused-ring (bicyclic) bond motifs is 3. The Hall–Kier alpha value is -1.02. The first-order valence-corrected chi connectivity index (χ1v) is 7.25. The van der Waals surface area contributed by atoms with E-state index in [-0.39, 0.29) is 0 Å². The van der Waals surface area contributed by atoms with Crippen LogP contribution < -0.4 is 4.74 Å². The maximum Gasteiger partial charge on any atom is 0.122 e. The first-order valence-electron chi connectivity index (χ1n) is 7.25. The van der Waals surface area contributed by atoms with Gasteiger partial charge in [-0.3, -0.25) is 4.90 Å². The first kappa shape index (κ1) is 12.0. The van der Waals surface area contributed by atoms with Crippen LogP contribution in [0, 0.1) is 0 Å². The van der Waals surface area contributed by atoms with Gasteiger partial charge in [0.25, 0.3) is 0 Å². The molecule has 2 atom stereocenters. The van der Waals surface area contributed by atoms with Crippen LogP contribution in [0.3, 0.4) is 0 Å². The zero-order valence-electron chi connectivity index (χ0n) is 11.5. The molecule has 0 unspecified atom stereocenters. The van der Waals surface area contributed by atoms with E-state index >= 15 is 0 Å². The van der Waals surface area contributed by atoms with Crippen LogP contribution in [0.1, 0.15) is 43.2 Å². The summed E-state index contributed by atoms with van der Waals surface area (Å²) in [5.74, 6) is 1.84. The summed E-state index contributed by atoms with van der Waals surface area (Å²) >= 11 is 0. The van der Waals surface area contributed by atoms with Crippen molar-refractivity contribution in [3.63, 3.8) is 0 Å². The zero-order chi connectivity index (χ0) is 12.5. The van der Waals surface area contributed by atoms with Gasteiger partial charge in [-0.15, -0.1) is 0 Å². The van der Waals surface area contributed by atoms with Gasteiger partial charge < -0.3 is 4.74 Å². The maximum atomic E-state index is 5.52. The molecule has 18 heavy (non-hydrogen) atoms. The van der Waals surface area contributed by atoms with Crippen molar-refractivity contribution < 1.29 is 4.74 Å². The lowest BCUT2D eigenvalue weighted by atomic mass is 9.79. The highest BCUT2D eigenvalue weighted by molar-refractivity contribution is 5.45. The lowest BCUT2D eigenvalue weighted by Crippen LogP contribution is -2.35. The van der Waals surface area contributed by atoms with Crippen LogP contribution in [0.2, 0.25) is 0 Å². The molecule has 0 amide bonds. The highest BCUT2D eigenvalue weighted by atomic mass is 16.5. The van der Waals surface area contributed by atoms with Gasteiger partial charge >= 0.3 is 0 Å². The van der Waals surface area contributed by atoms with Crippen molar-refractivity contribution in [2.75, 3.05) is 20.2 Å². The largest absolute Gasteiger partial charge is 0.496 e. The molecule has 2 aliphatic rings. The lowest BCUT2D eigenvalue weighted by Gasteiger charge is -2.33. The van der Waals surface area contributed by atoms with E-state index in [2.05, 4.69) is 30.0 Å². The van der Waals surface area contributed by atoms with Crippen molar-refractivity contribution in [3.8, 4) is 5.75 Å². The van der Waals surface area contributed by atoms with E-state index in [1.807, 2.05) is 0 Å². The van der Waals surface area contributed by atoms with E-state index in [0.717, 1.165) is 17.7 Å². The maximum absolute atomic E-state index is 5.52. The predicted octanol–water partition coefficient (Wildman–Crippen LogP) is 3.21. The molecule has 0 radical (unpaired) electrons. The van der Waals surface area contributed by atoms with Gasteiger partial charge in [0.15, 0.2) is 0 Å². The average molecular weight is 245 g/mol. The number of nitrogens with zero attached hydrogens (tertiary/aromatic N) is 1. The Balaban J connectivity index is 1.91. The van der Waals surface area contributed by atoms with Crippen molar-refractivity contribution in [2.45, 2.75) is 44.6 Å². The Labute approximate surface area is 110 Å². The quantitative estimate of drug-likeness (QED) is 0.811. The van der Waals surface area contributed by atoms with Crippen LogP contribution in [-0.2, 0) is 6.42 Å². The Morgan fingerprint density at radius 3 is 3.00 bits per heavy atom. The van der Waals surface area contributed by atoms with Gasteiger partial charge in [0.05, 0.1) is 7.11 Å². The molecule has 0 N–H and O–H groups in total. The number of benzene rings is 1. The van der Waals surface area contributed by atoms with Crippen LogP contribution in [0.5, 0.6) is 5.75 Å². The minimum Gasteiger partial charge on any atom is -0.496 e. The molecule has 1 aromatic rings. The van der Waals surface area contributed by atoms with Crippen LogP contribution in [0.15, 0.2) is 18.2 Å². The predicted molar refractivity (Wildman–Crippen MR) is 74.3 cm³/mol. The second kappa shape index (κ2) is 4.93. The molecule has 0 spiro atoms. The van der Waals surface area contributed by atoms with E-state index in [0.29, 0.717) is 0 Å². The van der Waals surface area contributed by atoms with Gasteiger partial charge in [-0.2, -0.15) is 0 Å². The lowest BCUT2D eigenvalue weighted by molar-refractivity contribution is 0.226. The summed E-state index contributed by atoms with van der Waals surface area (Å²) in [5.41, 5.74) is 3.03. The van der Waals surface area contributed by atoms with E-state index in [4.69, 9.17) is 4.74 Å². The number of hydrogen-bond donors (Lipinski definition) is 0. The molecule has 1 fully saturated rings. The number of ether oxygens (including phenoxy) is 1. The summed E-state index contributed by atoms with van der Waals surface area (Å²) in [4.78, 5) is 2.70. The molecule has 1 aliphatic heterocycles. The van der Waals surface area contributed by atoms with Gasteiger partial charge in [0, 0.05) is 12.0 Å². The number of rotatable bonds is 3. The molecule has 98 valence electrons. The molecule has 0 saturated carbocycles. The molecule has 0 bridgehead atoms. The minimum atomic E-state index is 0.746. The van der Waals surface area contributed by atoms with Crippen molar-refractivity contribution in [1.82, 2.24) is 4.90 Å². The average Bonchev–Trinajstić information content (AvgIpc) is 2.82. The van der Waals surface area contributed by atoms with E-state index < -0.39 is 0 Å². The minimum absolute atomic E-state index is 0.746. The van der Waals surface area contributed by atoms with Crippen LogP contribution in [0.25, 0.3) is 0 Å². The van der Waals surface area contributed by atoms with Gasteiger partial charge in [-0.1, -0.05) is 19.1 Å². The highest BCUT2D eigenvalue weighted by Crippen LogP contribution is 2.43. The monoisotopic (exact) mass is 245 g/mol. The molecule has 1 aromatic carbocycles. The Kier molecular flexibility index (Phi) is 3.29. The van der Waals surface area contributed by atoms with Crippen LogP contribution in [0.4, 0.5) is 0 Å². The topological polar surface area (TPSA) is 12.5 Å². The van der Waals surface area contributed by atoms with Gasteiger partial charge in [-0.25, -0.2) is 0 Å². The fourth-order valence-electron chi connectivity index (χ4n) is 3.91. The third-order valence-electron chi connectivity index (χ3n) is 4.65. The highest BCUT2D eigenvalue weighted by Gasteiger charge is 2.38. The molecular formula is C16H23NO. The van der Waals surface area contributed by atoms with Crippen LogP contribution >= 0.6 is 0 Å². The zero-order valence-corrected chi connectivity index (χ0v) is 11.5. The molecule has 2 heteroatoms. The second-order valence-electron chi connectivity index (χ2n) is 5.57. The number of hydrogen-bond acceptors (Lipinski definition) is 2. The van der Waals surface area contributed by atoms with Gasteiger partial charge in [-0.05, 0) is 56.0 Å². The summed E-state index contributed by atoms with van der Waals surface area (Å²) in [7, 11) is 1.79. The third-order valence-corrected chi connectivity index (χ3v) is 4.65. The molecule has 0 aromatic heterocycles. The third kappa shape index (κ3) is 1.83. The fourth-order valence-corrected chi connectivity index (χ4v) is 3.91. The summed E-state index contributed by atoms with van der Waals surface area (Å²) in [6.07, 6.45) is 5.08. The molecular weight excluding hydrogens is 222 g/mol. The second-order valence-corrected chi connectivity index (χ2v) is 5.57. The molecule has 1 heterocycles. The first-order chi connectivity index (χ1) is 8.85. The summed E-state index contributed by atoms with van der Waals surface area (Å²) in [6.45, 7) is 4.83. The van der Waals surface area contributed by atoms with E-state index in [1.165, 1.54) is 44.3 Å². The van der Waals surface area contributed by atoms with Crippen molar-refractivity contribution in [1.29, 1.82) is 0 Å². The Morgan fingerprint density at radius 1 is 1.33 bits per heavy atom. The van der Waals surface area contributed by atoms with Crippen molar-refractivity contribution >= 4 is 0 Å². The van der Waals surface area contributed by atoms with E-state index in [1.54, 1.807) is 12.7 Å². The van der Waals surface area contributed by atoms with Crippen molar-refractivity contribution in [3.05, 3.63) is 29.3 Å². The Bertz CT molecular complexity index is 429. The van der Waals surface area contributed by atoms with Gasteiger partial charge in [0.2, 0.25) is 0 Å². The number of likely N-dealkylation sites (tertiary alicyclic amines) is 1. The molecule has 3 rings (SSSR count). The SMILES string of the molecule is CCCN1CC[C@H]2c3cccc(OC)c3CC[C@@H]21.